The molecule has 1 aromatic heterocycles. The minimum absolute atomic E-state index is 0.0385. The molecule has 178 valence electrons. The first-order chi connectivity index (χ1) is 16.1. The van der Waals surface area contributed by atoms with Crippen molar-refractivity contribution in [3.8, 4) is 5.75 Å². The van der Waals surface area contributed by atoms with Gasteiger partial charge in [-0.3, -0.25) is 19.2 Å². The largest absolute Gasteiger partial charge is 0.495 e. The van der Waals surface area contributed by atoms with Crippen molar-refractivity contribution in [1.29, 1.82) is 0 Å². The molecule has 34 heavy (non-hydrogen) atoms. The van der Waals surface area contributed by atoms with Crippen LogP contribution in [0.2, 0.25) is 5.02 Å². The summed E-state index contributed by atoms with van der Waals surface area (Å²) in [5.74, 6) is -0.315. The van der Waals surface area contributed by atoms with E-state index in [1.165, 1.54) is 56.8 Å². The van der Waals surface area contributed by atoms with Crippen molar-refractivity contribution >= 4 is 45.1 Å². The lowest BCUT2D eigenvalue weighted by molar-refractivity contribution is -0.385. The molecule has 11 nitrogen and oxygen atoms in total. The highest BCUT2D eigenvalue weighted by Crippen LogP contribution is 2.35. The van der Waals surface area contributed by atoms with Gasteiger partial charge in [0.15, 0.2) is 0 Å². The molecular weight excluding hydrogens is 488 g/mol. The van der Waals surface area contributed by atoms with E-state index in [2.05, 4.69) is 10.5 Å². The van der Waals surface area contributed by atoms with Crippen molar-refractivity contribution in [1.82, 2.24) is 5.43 Å². The van der Waals surface area contributed by atoms with Crippen LogP contribution in [0, 0.1) is 17.0 Å². The van der Waals surface area contributed by atoms with E-state index in [0.717, 1.165) is 10.4 Å². The highest BCUT2D eigenvalue weighted by atomic mass is 35.5. The zero-order valence-electron chi connectivity index (χ0n) is 18.0. The molecule has 3 rings (SSSR count). The number of hydrogen-bond donors (Lipinski definition) is 1. The summed E-state index contributed by atoms with van der Waals surface area (Å²) in [7, 11) is -3.16. The Labute approximate surface area is 199 Å². The van der Waals surface area contributed by atoms with Crippen LogP contribution < -0.4 is 14.5 Å². The summed E-state index contributed by atoms with van der Waals surface area (Å²) < 4.78 is 38.2. The third kappa shape index (κ3) is 5.53. The molecule has 0 aliphatic heterocycles. The molecule has 0 saturated heterocycles. The summed E-state index contributed by atoms with van der Waals surface area (Å²) in [5.41, 5.74) is 2.08. The van der Waals surface area contributed by atoms with Crippen LogP contribution in [0.15, 0.2) is 69.2 Å². The second-order valence-corrected chi connectivity index (χ2v) is 9.14. The van der Waals surface area contributed by atoms with Gasteiger partial charge in [-0.2, -0.15) is 5.10 Å². The summed E-state index contributed by atoms with van der Waals surface area (Å²) in [6, 6.07) is 10.9. The molecule has 2 aromatic carbocycles. The van der Waals surface area contributed by atoms with E-state index in [9.17, 15) is 23.3 Å². The van der Waals surface area contributed by atoms with Gasteiger partial charge in [-0.15, -0.1) is 0 Å². The molecule has 0 radical (unpaired) electrons. The third-order valence-electron chi connectivity index (χ3n) is 4.59. The van der Waals surface area contributed by atoms with Gasteiger partial charge in [0, 0.05) is 16.7 Å². The van der Waals surface area contributed by atoms with Crippen molar-refractivity contribution in [2.24, 2.45) is 5.10 Å². The minimum atomic E-state index is -4.48. The predicted molar refractivity (Wildman–Crippen MR) is 125 cm³/mol. The Morgan fingerprint density at radius 2 is 2.06 bits per heavy atom. The molecule has 0 aliphatic rings. The summed E-state index contributed by atoms with van der Waals surface area (Å²) in [6.45, 7) is 0.757. The van der Waals surface area contributed by atoms with Crippen molar-refractivity contribution in [3.05, 3.63) is 81.3 Å². The number of rotatable bonds is 9. The Balaban J connectivity index is 2.03. The first kappa shape index (κ1) is 24.7. The van der Waals surface area contributed by atoms with Gasteiger partial charge in [0.1, 0.15) is 18.1 Å². The Morgan fingerprint density at radius 3 is 2.71 bits per heavy atom. The number of halogens is 1. The highest BCUT2D eigenvalue weighted by Gasteiger charge is 2.31. The van der Waals surface area contributed by atoms with Crippen LogP contribution in [-0.2, 0) is 14.8 Å². The van der Waals surface area contributed by atoms with Gasteiger partial charge >= 0.3 is 0 Å². The number of anilines is 1. The number of carbonyl (C=O) groups is 1. The fraction of sp³-hybridized carbons (Fsp3) is 0.143. The number of hydrazone groups is 1. The van der Waals surface area contributed by atoms with Gasteiger partial charge < -0.3 is 9.15 Å². The molecule has 0 bridgehead atoms. The SMILES string of the molecule is COc1ccc(Cl)cc1N(CC(=O)N/N=C\c1ccco1)S(=O)(=O)c1ccc(C)c([N+](=O)[O-])c1. The van der Waals surface area contributed by atoms with Gasteiger partial charge in [-0.05, 0) is 43.3 Å². The summed E-state index contributed by atoms with van der Waals surface area (Å²) >= 11 is 6.08. The number of methoxy groups -OCH3 is 1. The van der Waals surface area contributed by atoms with E-state index in [4.69, 9.17) is 20.8 Å². The number of aryl methyl sites for hydroxylation is 1. The molecule has 0 aliphatic carbocycles. The Hall–Kier alpha value is -3.90. The third-order valence-corrected chi connectivity index (χ3v) is 6.58. The van der Waals surface area contributed by atoms with Crippen molar-refractivity contribution < 1.29 is 27.3 Å². The quantitative estimate of drug-likeness (QED) is 0.265. The topological polar surface area (TPSA) is 144 Å². The number of carbonyl (C=O) groups excluding carboxylic acids is 1. The van der Waals surface area contributed by atoms with Gasteiger partial charge in [0.05, 0.1) is 35.1 Å². The van der Waals surface area contributed by atoms with E-state index >= 15 is 0 Å². The molecule has 1 N–H and O–H groups in total. The molecule has 0 atom stereocenters. The second kappa shape index (κ2) is 10.4. The molecule has 0 fully saturated rings. The number of furan rings is 1. The van der Waals surface area contributed by atoms with Crippen LogP contribution in [0.3, 0.4) is 0 Å². The van der Waals surface area contributed by atoms with Gasteiger partial charge in [0.25, 0.3) is 21.6 Å². The predicted octanol–water partition coefficient (Wildman–Crippen LogP) is 3.50. The summed E-state index contributed by atoms with van der Waals surface area (Å²) in [5, 5.41) is 15.3. The molecule has 0 spiro atoms. The van der Waals surface area contributed by atoms with E-state index in [-0.39, 0.29) is 27.7 Å². The van der Waals surface area contributed by atoms with Crippen LogP contribution in [0.5, 0.6) is 5.75 Å². The van der Waals surface area contributed by atoms with Crippen LogP contribution in [0.25, 0.3) is 0 Å². The average Bonchev–Trinajstić information content (AvgIpc) is 3.31. The average molecular weight is 507 g/mol. The number of benzene rings is 2. The van der Waals surface area contributed by atoms with Crippen LogP contribution >= 0.6 is 11.6 Å². The van der Waals surface area contributed by atoms with E-state index < -0.39 is 32.3 Å². The molecule has 3 aromatic rings. The van der Waals surface area contributed by atoms with E-state index in [0.29, 0.717) is 5.76 Å². The number of nitro groups is 1. The zero-order valence-corrected chi connectivity index (χ0v) is 19.5. The number of nitrogens with one attached hydrogen (secondary N) is 1. The zero-order chi connectivity index (χ0) is 24.9. The fourth-order valence-corrected chi connectivity index (χ4v) is 4.54. The van der Waals surface area contributed by atoms with Crippen molar-refractivity contribution in [2.45, 2.75) is 11.8 Å². The Bertz CT molecular complexity index is 1340. The van der Waals surface area contributed by atoms with Crippen molar-refractivity contribution in [2.75, 3.05) is 18.0 Å². The lowest BCUT2D eigenvalue weighted by atomic mass is 10.2. The highest BCUT2D eigenvalue weighted by molar-refractivity contribution is 7.92. The molecule has 13 heteroatoms. The maximum atomic E-state index is 13.6. The van der Waals surface area contributed by atoms with E-state index in [1.54, 1.807) is 12.1 Å². The molecule has 1 heterocycles. The normalized spacial score (nSPS) is 11.4. The van der Waals surface area contributed by atoms with Crippen LogP contribution in [0.4, 0.5) is 11.4 Å². The summed E-state index contributed by atoms with van der Waals surface area (Å²) in [6.07, 6.45) is 2.66. The minimum Gasteiger partial charge on any atom is -0.495 e. The Morgan fingerprint density at radius 1 is 1.29 bits per heavy atom. The maximum Gasteiger partial charge on any atom is 0.273 e. The fourth-order valence-electron chi connectivity index (χ4n) is 2.93. The van der Waals surface area contributed by atoms with Gasteiger partial charge in [-0.25, -0.2) is 13.8 Å². The van der Waals surface area contributed by atoms with Gasteiger partial charge in [0.2, 0.25) is 0 Å². The second-order valence-electron chi connectivity index (χ2n) is 6.84. The molecule has 1 amide bonds. The number of nitrogens with zero attached hydrogens (tertiary/aromatic N) is 3. The number of amides is 1. The monoisotopic (exact) mass is 506 g/mol. The van der Waals surface area contributed by atoms with Crippen LogP contribution in [0.1, 0.15) is 11.3 Å². The van der Waals surface area contributed by atoms with E-state index in [1.807, 2.05) is 0 Å². The Kier molecular flexibility index (Phi) is 7.54. The first-order valence-corrected chi connectivity index (χ1v) is 11.4. The maximum absolute atomic E-state index is 13.6. The number of sulfonamides is 1. The molecule has 0 saturated carbocycles. The van der Waals surface area contributed by atoms with Crippen molar-refractivity contribution in [3.63, 3.8) is 0 Å². The smallest absolute Gasteiger partial charge is 0.273 e. The lowest BCUT2D eigenvalue weighted by Gasteiger charge is -2.25. The van der Waals surface area contributed by atoms with Gasteiger partial charge in [-0.1, -0.05) is 17.7 Å². The number of ether oxygens (including phenoxy) is 1. The standard InChI is InChI=1S/C21H19ClN4O7S/c1-14-5-7-17(11-18(14)26(28)29)34(30,31)25(19-10-15(22)6-8-20(19)32-2)13-21(27)24-23-12-16-4-3-9-33-16/h3-12H,13H2,1-2H3,(H,24,27)/b23-12-. The number of hydrogen-bond acceptors (Lipinski definition) is 8. The molecule has 0 unspecified atom stereocenters. The first-order valence-electron chi connectivity index (χ1n) is 9.60. The lowest BCUT2D eigenvalue weighted by Crippen LogP contribution is -2.39. The summed E-state index contributed by atoms with van der Waals surface area (Å²) in [4.78, 5) is 22.9. The molecular formula is C21H19ClN4O7S. The number of nitro benzene ring substituents is 1. The van der Waals surface area contributed by atoms with Crippen LogP contribution in [-0.4, -0.2) is 39.1 Å².